The Hall–Kier alpha value is -1.84. The first-order chi connectivity index (χ1) is 9.95. The third-order valence-electron chi connectivity index (χ3n) is 3.78. The normalized spacial score (nSPS) is 15.4. The van der Waals surface area contributed by atoms with Crippen molar-refractivity contribution in [1.29, 1.82) is 0 Å². The average molecular weight is 289 g/mol. The molecule has 1 saturated heterocycles. The van der Waals surface area contributed by atoms with Crippen molar-refractivity contribution in [2.24, 2.45) is 0 Å². The van der Waals surface area contributed by atoms with Crippen LogP contribution in [-0.4, -0.2) is 36.3 Å². The number of ether oxygens (including phenoxy) is 1. The van der Waals surface area contributed by atoms with E-state index < -0.39 is 0 Å². The molecule has 1 fully saturated rings. The van der Waals surface area contributed by atoms with Gasteiger partial charge in [-0.05, 0) is 36.1 Å². The van der Waals surface area contributed by atoms with Gasteiger partial charge >= 0.3 is 0 Å². The van der Waals surface area contributed by atoms with Crippen molar-refractivity contribution in [1.82, 2.24) is 4.90 Å². The number of aryl methyl sites for hydroxylation is 1. The molecule has 1 aromatic carbocycles. The van der Waals surface area contributed by atoms with Crippen LogP contribution in [0.5, 0.6) is 5.75 Å². The number of nitrogens with zero attached hydrogens (tertiary/aromatic N) is 1. The van der Waals surface area contributed by atoms with Crippen LogP contribution in [0.25, 0.3) is 0 Å². The van der Waals surface area contributed by atoms with Gasteiger partial charge in [0, 0.05) is 25.9 Å². The number of ketones is 1. The lowest BCUT2D eigenvalue weighted by atomic mass is 10.0. The minimum atomic E-state index is -0.0462. The molecule has 0 saturated carbocycles. The Morgan fingerprint density at radius 1 is 1.24 bits per heavy atom. The number of hydrogen-bond donors (Lipinski definition) is 0. The summed E-state index contributed by atoms with van der Waals surface area (Å²) in [5, 5.41) is 0. The van der Waals surface area contributed by atoms with Gasteiger partial charge in [0.25, 0.3) is 5.91 Å². The van der Waals surface area contributed by atoms with Gasteiger partial charge in [0.05, 0.1) is 0 Å². The summed E-state index contributed by atoms with van der Waals surface area (Å²) < 4.78 is 5.64. The Labute approximate surface area is 126 Å². The van der Waals surface area contributed by atoms with Gasteiger partial charge in [-0.3, -0.25) is 9.59 Å². The van der Waals surface area contributed by atoms with Gasteiger partial charge in [-0.2, -0.15) is 0 Å². The standard InChI is InChI=1S/C17H23NO3/c1-12(2)14-8-13(3)9-16(10-14)21-11-17(20)18-6-4-15(19)5-7-18/h8-10,12H,4-7,11H2,1-3H3. The van der Waals surface area contributed by atoms with Crippen LogP contribution in [0.4, 0.5) is 0 Å². The zero-order valence-corrected chi connectivity index (χ0v) is 13.0. The molecule has 0 bridgehead atoms. The van der Waals surface area contributed by atoms with Gasteiger partial charge in [-0.1, -0.05) is 19.9 Å². The van der Waals surface area contributed by atoms with E-state index in [0.717, 1.165) is 11.3 Å². The van der Waals surface area contributed by atoms with Crippen LogP contribution >= 0.6 is 0 Å². The average Bonchev–Trinajstić information content (AvgIpc) is 2.45. The van der Waals surface area contributed by atoms with E-state index in [0.29, 0.717) is 31.8 Å². The maximum atomic E-state index is 12.1. The first kappa shape index (κ1) is 15.5. The highest BCUT2D eigenvalue weighted by molar-refractivity contribution is 5.84. The summed E-state index contributed by atoms with van der Waals surface area (Å²) in [6.45, 7) is 7.37. The largest absolute Gasteiger partial charge is 0.484 e. The molecule has 0 unspecified atom stereocenters. The number of carbonyl (C=O) groups excluding carboxylic acids is 2. The molecule has 4 heteroatoms. The summed E-state index contributed by atoms with van der Waals surface area (Å²) in [7, 11) is 0. The fourth-order valence-corrected chi connectivity index (χ4v) is 2.44. The van der Waals surface area contributed by atoms with Gasteiger partial charge in [0.1, 0.15) is 11.5 Å². The molecule has 1 heterocycles. The van der Waals surface area contributed by atoms with Crippen LogP contribution in [0.2, 0.25) is 0 Å². The SMILES string of the molecule is Cc1cc(OCC(=O)N2CCC(=O)CC2)cc(C(C)C)c1. The van der Waals surface area contributed by atoms with Crippen LogP contribution in [-0.2, 0) is 9.59 Å². The molecule has 0 aromatic heterocycles. The van der Waals surface area contributed by atoms with Crippen LogP contribution < -0.4 is 4.74 Å². The molecule has 0 spiro atoms. The third-order valence-corrected chi connectivity index (χ3v) is 3.78. The van der Waals surface area contributed by atoms with Gasteiger partial charge in [0.15, 0.2) is 6.61 Å². The van der Waals surface area contributed by atoms with Crippen molar-refractivity contribution in [2.45, 2.75) is 39.5 Å². The van der Waals surface area contributed by atoms with Crippen molar-refractivity contribution < 1.29 is 14.3 Å². The number of amides is 1. The Morgan fingerprint density at radius 2 is 1.90 bits per heavy atom. The molecule has 0 N–H and O–H groups in total. The fourth-order valence-electron chi connectivity index (χ4n) is 2.44. The first-order valence-electron chi connectivity index (χ1n) is 7.49. The minimum absolute atomic E-state index is 0.0369. The Bertz CT molecular complexity index is 527. The van der Waals surface area contributed by atoms with Crippen LogP contribution in [0.3, 0.4) is 0 Å². The molecule has 0 aliphatic carbocycles. The predicted octanol–water partition coefficient (Wildman–Crippen LogP) is 2.69. The molecule has 4 nitrogen and oxygen atoms in total. The second-order valence-electron chi connectivity index (χ2n) is 5.94. The molecular formula is C17H23NO3. The van der Waals surface area contributed by atoms with Gasteiger partial charge < -0.3 is 9.64 Å². The third kappa shape index (κ3) is 4.31. The van der Waals surface area contributed by atoms with Crippen LogP contribution in [0.1, 0.15) is 43.7 Å². The molecular weight excluding hydrogens is 266 g/mol. The van der Waals surface area contributed by atoms with Crippen LogP contribution in [0, 0.1) is 6.92 Å². The van der Waals surface area contributed by atoms with Gasteiger partial charge in [-0.25, -0.2) is 0 Å². The fraction of sp³-hybridized carbons (Fsp3) is 0.529. The Morgan fingerprint density at radius 3 is 2.52 bits per heavy atom. The van der Waals surface area contributed by atoms with Crippen LogP contribution in [0.15, 0.2) is 18.2 Å². The first-order valence-corrected chi connectivity index (χ1v) is 7.49. The van der Waals surface area contributed by atoms with Crippen molar-refractivity contribution >= 4 is 11.7 Å². The highest BCUT2D eigenvalue weighted by Crippen LogP contribution is 2.23. The molecule has 21 heavy (non-hydrogen) atoms. The predicted molar refractivity (Wildman–Crippen MR) is 81.6 cm³/mol. The summed E-state index contributed by atoms with van der Waals surface area (Å²) in [6, 6.07) is 6.07. The van der Waals surface area contributed by atoms with E-state index in [1.165, 1.54) is 5.56 Å². The zero-order valence-electron chi connectivity index (χ0n) is 13.0. The van der Waals surface area contributed by atoms with Crippen molar-refractivity contribution in [3.8, 4) is 5.75 Å². The molecule has 1 aromatic rings. The topological polar surface area (TPSA) is 46.6 Å². The van der Waals surface area contributed by atoms with Gasteiger partial charge in [-0.15, -0.1) is 0 Å². The number of rotatable bonds is 4. The monoisotopic (exact) mass is 289 g/mol. The highest BCUT2D eigenvalue weighted by atomic mass is 16.5. The van der Waals surface area contributed by atoms with E-state index in [9.17, 15) is 9.59 Å². The molecule has 114 valence electrons. The number of hydrogen-bond acceptors (Lipinski definition) is 3. The van der Waals surface area contributed by atoms with E-state index in [1.807, 2.05) is 19.1 Å². The summed E-state index contributed by atoms with van der Waals surface area (Å²) in [5.74, 6) is 1.35. The maximum Gasteiger partial charge on any atom is 0.260 e. The zero-order chi connectivity index (χ0) is 15.4. The number of benzene rings is 1. The second-order valence-corrected chi connectivity index (χ2v) is 5.94. The van der Waals surface area contributed by atoms with E-state index in [-0.39, 0.29) is 18.3 Å². The lowest BCUT2D eigenvalue weighted by molar-refractivity contribution is -0.136. The lowest BCUT2D eigenvalue weighted by Crippen LogP contribution is -2.41. The molecule has 2 rings (SSSR count). The number of carbonyl (C=O) groups is 2. The summed E-state index contributed by atoms with van der Waals surface area (Å²) in [4.78, 5) is 25.0. The van der Waals surface area contributed by atoms with E-state index in [1.54, 1.807) is 4.90 Å². The minimum Gasteiger partial charge on any atom is -0.484 e. The number of likely N-dealkylation sites (tertiary alicyclic amines) is 1. The smallest absolute Gasteiger partial charge is 0.260 e. The summed E-state index contributed by atoms with van der Waals surface area (Å²) >= 11 is 0. The van der Waals surface area contributed by atoms with Crippen molar-refractivity contribution in [3.05, 3.63) is 29.3 Å². The lowest BCUT2D eigenvalue weighted by Gasteiger charge is -2.26. The Kier molecular flexibility index (Phi) is 4.99. The molecule has 1 amide bonds. The summed E-state index contributed by atoms with van der Waals surface area (Å²) in [6.07, 6.45) is 0.932. The van der Waals surface area contributed by atoms with Crippen molar-refractivity contribution in [2.75, 3.05) is 19.7 Å². The van der Waals surface area contributed by atoms with E-state index in [2.05, 4.69) is 19.9 Å². The quantitative estimate of drug-likeness (QED) is 0.856. The Balaban J connectivity index is 1.93. The van der Waals surface area contributed by atoms with Crippen molar-refractivity contribution in [3.63, 3.8) is 0 Å². The number of Topliss-reactive ketones (excluding diaryl/α,β-unsaturated/α-hetero) is 1. The summed E-state index contributed by atoms with van der Waals surface area (Å²) in [5.41, 5.74) is 2.34. The highest BCUT2D eigenvalue weighted by Gasteiger charge is 2.21. The molecule has 0 atom stereocenters. The number of piperidine rings is 1. The molecule has 1 aliphatic heterocycles. The molecule has 0 radical (unpaired) electrons. The van der Waals surface area contributed by atoms with Gasteiger partial charge in [0.2, 0.25) is 0 Å². The maximum absolute atomic E-state index is 12.1. The van der Waals surface area contributed by atoms with E-state index >= 15 is 0 Å². The van der Waals surface area contributed by atoms with E-state index in [4.69, 9.17) is 4.74 Å². The molecule has 1 aliphatic rings. The second kappa shape index (κ2) is 6.74.